The van der Waals surface area contributed by atoms with Crippen LogP contribution >= 0.6 is 0 Å². The maximum absolute atomic E-state index is 13.1. The summed E-state index contributed by atoms with van der Waals surface area (Å²) >= 11 is 0. The van der Waals surface area contributed by atoms with E-state index in [1.807, 2.05) is 25.1 Å². The van der Waals surface area contributed by atoms with Gasteiger partial charge in [-0.3, -0.25) is 9.59 Å². The van der Waals surface area contributed by atoms with Crippen LogP contribution in [0.25, 0.3) is 0 Å². The molecule has 0 saturated heterocycles. The predicted octanol–water partition coefficient (Wildman–Crippen LogP) is 2.19. The van der Waals surface area contributed by atoms with Crippen molar-refractivity contribution >= 4 is 27.5 Å². The van der Waals surface area contributed by atoms with Gasteiger partial charge in [0, 0.05) is 38.8 Å². The molecule has 0 N–H and O–H groups in total. The number of nitrogens with zero attached hydrogens (tertiary/aromatic N) is 3. The fraction of sp³-hybridized carbons (Fsp3) is 0.391. The lowest BCUT2D eigenvalue weighted by molar-refractivity contribution is -0.132. The minimum atomic E-state index is -3.83. The van der Waals surface area contributed by atoms with Gasteiger partial charge in [-0.25, -0.2) is 8.42 Å². The number of hydrogen-bond acceptors (Lipinski definition) is 4. The predicted molar refractivity (Wildman–Crippen MR) is 118 cm³/mol. The topological polar surface area (TPSA) is 78.0 Å². The van der Waals surface area contributed by atoms with Gasteiger partial charge in [0.1, 0.15) is 0 Å². The summed E-state index contributed by atoms with van der Waals surface area (Å²) in [7, 11) is -2.39. The number of hydrogen-bond donors (Lipinski definition) is 0. The highest BCUT2D eigenvalue weighted by atomic mass is 32.2. The Bertz CT molecular complexity index is 1150. The molecule has 2 aliphatic heterocycles. The Morgan fingerprint density at radius 2 is 1.81 bits per heavy atom. The first-order chi connectivity index (χ1) is 14.7. The molecule has 1 atom stereocenters. The average Bonchev–Trinajstić information content (AvgIpc) is 3.08. The van der Waals surface area contributed by atoms with Crippen molar-refractivity contribution in [3.63, 3.8) is 0 Å². The van der Waals surface area contributed by atoms with Crippen molar-refractivity contribution in [3.8, 4) is 0 Å². The molecule has 31 heavy (non-hydrogen) atoms. The van der Waals surface area contributed by atoms with Gasteiger partial charge in [0.05, 0.1) is 11.4 Å². The van der Waals surface area contributed by atoms with Gasteiger partial charge in [-0.2, -0.15) is 4.31 Å². The van der Waals surface area contributed by atoms with E-state index >= 15 is 0 Å². The molecule has 0 fully saturated rings. The first-order valence-corrected chi connectivity index (χ1v) is 11.9. The second-order valence-corrected chi connectivity index (χ2v) is 10.4. The maximum Gasteiger partial charge on any atom is 0.243 e. The average molecular weight is 442 g/mol. The van der Waals surface area contributed by atoms with Gasteiger partial charge in [-0.05, 0) is 54.7 Å². The molecule has 2 aromatic rings. The molecule has 0 unspecified atom stereocenters. The summed E-state index contributed by atoms with van der Waals surface area (Å²) < 4.78 is 27.4. The molecule has 0 radical (unpaired) electrons. The first-order valence-electron chi connectivity index (χ1n) is 10.4. The highest BCUT2D eigenvalue weighted by Gasteiger charge is 2.32. The minimum Gasteiger partial charge on any atom is -0.337 e. The summed E-state index contributed by atoms with van der Waals surface area (Å²) in [5.74, 6) is -0.272. The monoisotopic (exact) mass is 441 g/mol. The van der Waals surface area contributed by atoms with Gasteiger partial charge in [-0.1, -0.05) is 24.3 Å². The van der Waals surface area contributed by atoms with Crippen LogP contribution in [0, 0.1) is 0 Å². The molecule has 7 nitrogen and oxygen atoms in total. The van der Waals surface area contributed by atoms with Crippen LogP contribution in [0.3, 0.4) is 0 Å². The van der Waals surface area contributed by atoms with Crippen LogP contribution in [0.5, 0.6) is 0 Å². The number of fused-ring (bicyclic) bond motifs is 2. The fourth-order valence-corrected chi connectivity index (χ4v) is 5.68. The largest absolute Gasteiger partial charge is 0.337 e. The molecule has 0 saturated carbocycles. The zero-order chi connectivity index (χ0) is 22.3. The Labute approximate surface area is 183 Å². The van der Waals surface area contributed by atoms with Crippen molar-refractivity contribution in [1.82, 2.24) is 9.21 Å². The molecular weight excluding hydrogens is 414 g/mol. The van der Waals surface area contributed by atoms with Gasteiger partial charge in [0.15, 0.2) is 0 Å². The Morgan fingerprint density at radius 1 is 1.10 bits per heavy atom. The van der Waals surface area contributed by atoms with Crippen LogP contribution in [0.2, 0.25) is 0 Å². The fourth-order valence-electron chi connectivity index (χ4n) is 4.51. The van der Waals surface area contributed by atoms with Gasteiger partial charge in [-0.15, -0.1) is 0 Å². The highest BCUT2D eigenvalue weighted by molar-refractivity contribution is 7.89. The molecule has 2 aliphatic rings. The molecular formula is C23H27N3O4S. The normalized spacial score (nSPS) is 18.1. The van der Waals surface area contributed by atoms with E-state index in [1.54, 1.807) is 21.9 Å². The molecule has 8 heteroatoms. The lowest BCUT2D eigenvalue weighted by Crippen LogP contribution is -2.43. The van der Waals surface area contributed by atoms with Gasteiger partial charge in [0.25, 0.3) is 0 Å². The first kappa shape index (κ1) is 21.5. The van der Waals surface area contributed by atoms with Crippen LogP contribution < -0.4 is 4.90 Å². The van der Waals surface area contributed by atoms with E-state index in [-0.39, 0.29) is 29.3 Å². The zero-order valence-electron chi connectivity index (χ0n) is 18.0. The molecule has 2 amide bonds. The molecule has 0 bridgehead atoms. The summed E-state index contributed by atoms with van der Waals surface area (Å²) in [6.07, 6.45) is 1.38. The number of anilines is 1. The van der Waals surface area contributed by atoms with Crippen molar-refractivity contribution in [3.05, 3.63) is 59.2 Å². The Balaban J connectivity index is 1.49. The van der Waals surface area contributed by atoms with E-state index in [4.69, 9.17) is 0 Å². The number of carbonyl (C=O) groups is 2. The number of benzene rings is 2. The van der Waals surface area contributed by atoms with E-state index in [0.717, 1.165) is 27.5 Å². The van der Waals surface area contributed by atoms with Gasteiger partial charge < -0.3 is 9.80 Å². The minimum absolute atomic E-state index is 0.00765. The number of carbonyl (C=O) groups excluding carboxylic acids is 2. The third-order valence-electron chi connectivity index (χ3n) is 6.16. The van der Waals surface area contributed by atoms with Crippen molar-refractivity contribution in [2.75, 3.05) is 25.0 Å². The molecule has 4 rings (SSSR count). The Hall–Kier alpha value is -2.71. The molecule has 0 aliphatic carbocycles. The lowest BCUT2D eigenvalue weighted by atomic mass is 10.00. The lowest BCUT2D eigenvalue weighted by Gasteiger charge is -2.30. The number of amides is 2. The van der Waals surface area contributed by atoms with Gasteiger partial charge >= 0.3 is 0 Å². The molecule has 0 spiro atoms. The van der Waals surface area contributed by atoms with Crippen molar-refractivity contribution in [2.45, 2.75) is 44.2 Å². The van der Waals surface area contributed by atoms with Crippen molar-refractivity contribution in [2.24, 2.45) is 0 Å². The van der Waals surface area contributed by atoms with E-state index in [2.05, 4.69) is 6.07 Å². The number of likely N-dealkylation sites (N-methyl/N-ethyl adjacent to an activating group) is 1. The summed E-state index contributed by atoms with van der Waals surface area (Å²) in [6, 6.07) is 12.8. The number of sulfonamides is 1. The third-order valence-corrected chi connectivity index (χ3v) is 7.95. The Kier molecular flexibility index (Phi) is 5.61. The maximum atomic E-state index is 13.1. The van der Waals surface area contributed by atoms with E-state index < -0.39 is 10.0 Å². The second kappa shape index (κ2) is 8.09. The zero-order valence-corrected chi connectivity index (χ0v) is 18.9. The SMILES string of the molecule is CC(=O)N1c2ccc(S(=O)(=O)N(C)CC(=O)N3CCc4ccccc4C3)cc2C[C@H]1C. The quantitative estimate of drug-likeness (QED) is 0.729. The second-order valence-electron chi connectivity index (χ2n) is 8.33. The standard InChI is InChI=1S/C23H27N3O4S/c1-16-12-20-13-21(8-9-22(20)26(16)17(2)27)31(29,30)24(3)15-23(28)25-11-10-18-6-4-5-7-19(18)14-25/h4-9,13,16H,10-12,14-15H2,1-3H3/t16-/m1/s1. The third kappa shape index (κ3) is 3.97. The van der Waals surface area contributed by atoms with Crippen molar-refractivity contribution in [1.29, 1.82) is 0 Å². The smallest absolute Gasteiger partial charge is 0.243 e. The van der Waals surface area contributed by atoms with Crippen LogP contribution in [0.15, 0.2) is 47.4 Å². The summed E-state index contributed by atoms with van der Waals surface area (Å²) in [4.78, 5) is 28.3. The Morgan fingerprint density at radius 3 is 2.52 bits per heavy atom. The van der Waals surface area contributed by atoms with Crippen molar-refractivity contribution < 1.29 is 18.0 Å². The van der Waals surface area contributed by atoms with Gasteiger partial charge in [0.2, 0.25) is 21.8 Å². The summed E-state index contributed by atoms with van der Waals surface area (Å²) in [6.45, 7) is 4.32. The van der Waals surface area contributed by atoms with E-state index in [9.17, 15) is 18.0 Å². The van der Waals surface area contributed by atoms with Crippen LogP contribution in [-0.2, 0) is 39.0 Å². The van der Waals surface area contributed by atoms with Crippen LogP contribution in [0.4, 0.5) is 5.69 Å². The van der Waals surface area contributed by atoms with E-state index in [1.165, 1.54) is 25.6 Å². The van der Waals surface area contributed by atoms with E-state index in [0.29, 0.717) is 19.5 Å². The number of rotatable bonds is 4. The molecule has 0 aromatic heterocycles. The van der Waals surface area contributed by atoms with Crippen LogP contribution in [0.1, 0.15) is 30.5 Å². The highest BCUT2D eigenvalue weighted by Crippen LogP contribution is 2.34. The summed E-state index contributed by atoms with van der Waals surface area (Å²) in [5.41, 5.74) is 3.93. The van der Waals surface area contributed by atoms with Crippen LogP contribution in [-0.4, -0.2) is 55.6 Å². The molecule has 2 aromatic carbocycles. The summed E-state index contributed by atoms with van der Waals surface area (Å²) in [5, 5.41) is 0. The molecule has 2 heterocycles. The molecule has 164 valence electrons.